The molecule has 0 saturated heterocycles. The van der Waals surface area contributed by atoms with Crippen LogP contribution in [0.1, 0.15) is 12.6 Å². The minimum Gasteiger partial charge on any atom is -0.317 e. The van der Waals surface area contributed by atoms with Crippen molar-refractivity contribution in [2.45, 2.75) is 19.4 Å². The predicted molar refractivity (Wildman–Crippen MR) is 55.8 cm³/mol. The molecule has 2 heterocycles. The fourth-order valence-corrected chi connectivity index (χ4v) is 1.38. The zero-order valence-electron chi connectivity index (χ0n) is 8.69. The monoisotopic (exact) mass is 207 g/mol. The van der Waals surface area contributed by atoms with E-state index in [4.69, 9.17) is 0 Å². The van der Waals surface area contributed by atoms with Crippen LogP contribution in [-0.2, 0) is 6.42 Å². The molecule has 0 bridgehead atoms. The number of hydrogen-bond donors (Lipinski definition) is 2. The minimum absolute atomic E-state index is 0.259. The second kappa shape index (κ2) is 3.82. The van der Waals surface area contributed by atoms with Gasteiger partial charge >= 0.3 is 5.69 Å². The van der Waals surface area contributed by atoms with E-state index in [2.05, 4.69) is 27.4 Å². The fourth-order valence-electron chi connectivity index (χ4n) is 1.38. The molecule has 80 valence electrons. The SMILES string of the molecule is CNC(C)Cc1cc2n[nH]c(=O)n2cn1. The van der Waals surface area contributed by atoms with Gasteiger partial charge < -0.3 is 5.32 Å². The maximum atomic E-state index is 11.2. The van der Waals surface area contributed by atoms with Crippen LogP contribution < -0.4 is 11.0 Å². The maximum absolute atomic E-state index is 11.2. The average Bonchev–Trinajstić information content (AvgIpc) is 2.60. The normalized spacial score (nSPS) is 13.2. The van der Waals surface area contributed by atoms with E-state index in [9.17, 15) is 4.79 Å². The van der Waals surface area contributed by atoms with Gasteiger partial charge in [0.15, 0.2) is 5.65 Å². The minimum atomic E-state index is -0.259. The summed E-state index contributed by atoms with van der Waals surface area (Å²) in [5.74, 6) is 0. The van der Waals surface area contributed by atoms with E-state index in [-0.39, 0.29) is 5.69 Å². The number of fused-ring (bicyclic) bond motifs is 1. The second-order valence-electron chi connectivity index (χ2n) is 3.53. The van der Waals surface area contributed by atoms with Crippen LogP contribution in [0, 0.1) is 0 Å². The van der Waals surface area contributed by atoms with Gasteiger partial charge in [0.25, 0.3) is 0 Å². The molecule has 6 nitrogen and oxygen atoms in total. The molecule has 2 aromatic heterocycles. The van der Waals surface area contributed by atoms with Crippen molar-refractivity contribution in [1.82, 2.24) is 24.9 Å². The van der Waals surface area contributed by atoms with Crippen molar-refractivity contribution in [3.05, 3.63) is 28.6 Å². The summed E-state index contributed by atoms with van der Waals surface area (Å²) >= 11 is 0. The third-order valence-electron chi connectivity index (χ3n) is 2.37. The van der Waals surface area contributed by atoms with Crippen molar-refractivity contribution < 1.29 is 0 Å². The van der Waals surface area contributed by atoms with Gasteiger partial charge in [-0.05, 0) is 14.0 Å². The molecule has 0 amide bonds. The summed E-state index contributed by atoms with van der Waals surface area (Å²) in [5, 5.41) is 9.38. The lowest BCUT2D eigenvalue weighted by Crippen LogP contribution is -2.24. The zero-order valence-corrected chi connectivity index (χ0v) is 8.69. The summed E-state index contributed by atoms with van der Waals surface area (Å²) in [7, 11) is 1.90. The van der Waals surface area contributed by atoms with E-state index < -0.39 is 0 Å². The number of aromatic nitrogens is 4. The Hall–Kier alpha value is -1.69. The van der Waals surface area contributed by atoms with Gasteiger partial charge in [-0.1, -0.05) is 0 Å². The van der Waals surface area contributed by atoms with Gasteiger partial charge in [0.05, 0.1) is 0 Å². The summed E-state index contributed by atoms with van der Waals surface area (Å²) in [6, 6.07) is 2.16. The quantitative estimate of drug-likeness (QED) is 0.716. The highest BCUT2D eigenvalue weighted by Gasteiger charge is 2.05. The Morgan fingerprint density at radius 2 is 2.47 bits per heavy atom. The number of nitrogens with zero attached hydrogens (tertiary/aromatic N) is 3. The van der Waals surface area contributed by atoms with Gasteiger partial charge in [0.2, 0.25) is 0 Å². The van der Waals surface area contributed by atoms with Gasteiger partial charge in [-0.15, -0.1) is 0 Å². The Labute approximate surface area is 86.3 Å². The van der Waals surface area contributed by atoms with Crippen LogP contribution in [0.2, 0.25) is 0 Å². The third kappa shape index (κ3) is 1.89. The van der Waals surface area contributed by atoms with Crippen LogP contribution >= 0.6 is 0 Å². The molecule has 0 aliphatic heterocycles. The first-order chi connectivity index (χ1) is 7.20. The number of rotatable bonds is 3. The first-order valence-electron chi connectivity index (χ1n) is 4.79. The van der Waals surface area contributed by atoms with Crippen molar-refractivity contribution in [2.24, 2.45) is 0 Å². The second-order valence-corrected chi connectivity index (χ2v) is 3.53. The molecular formula is C9H13N5O. The van der Waals surface area contributed by atoms with Crippen LogP contribution in [0.25, 0.3) is 5.65 Å². The number of aromatic amines is 1. The van der Waals surface area contributed by atoms with E-state index in [0.717, 1.165) is 12.1 Å². The van der Waals surface area contributed by atoms with Gasteiger partial charge in [-0.3, -0.25) is 0 Å². The number of nitrogens with one attached hydrogen (secondary N) is 2. The summed E-state index contributed by atoms with van der Waals surface area (Å²) in [5.41, 5.74) is 1.27. The molecule has 0 aliphatic carbocycles. The highest BCUT2D eigenvalue weighted by Crippen LogP contribution is 2.01. The Kier molecular flexibility index (Phi) is 2.51. The molecule has 15 heavy (non-hydrogen) atoms. The molecule has 0 fully saturated rings. The molecule has 0 aromatic carbocycles. The van der Waals surface area contributed by atoms with Gasteiger partial charge in [-0.2, -0.15) is 5.10 Å². The standard InChI is InChI=1S/C9H13N5O/c1-6(10-2)3-7-4-8-12-13-9(15)14(8)5-11-7/h4-6,10H,3H2,1-2H3,(H,13,15). The number of H-pyrrole nitrogens is 1. The van der Waals surface area contributed by atoms with Gasteiger partial charge in [0, 0.05) is 24.2 Å². The molecule has 0 spiro atoms. The molecule has 0 radical (unpaired) electrons. The molecule has 2 rings (SSSR count). The summed E-state index contributed by atoms with van der Waals surface area (Å²) in [6.45, 7) is 2.07. The molecule has 0 saturated carbocycles. The highest BCUT2D eigenvalue weighted by atomic mass is 16.1. The van der Waals surface area contributed by atoms with Crippen molar-refractivity contribution >= 4 is 5.65 Å². The van der Waals surface area contributed by atoms with Crippen molar-refractivity contribution in [2.75, 3.05) is 7.05 Å². The van der Waals surface area contributed by atoms with Gasteiger partial charge in [0.1, 0.15) is 6.33 Å². The average molecular weight is 207 g/mol. The summed E-state index contributed by atoms with van der Waals surface area (Å²) < 4.78 is 1.38. The summed E-state index contributed by atoms with van der Waals surface area (Å²) in [6.07, 6.45) is 2.31. The van der Waals surface area contributed by atoms with Crippen LogP contribution in [0.4, 0.5) is 0 Å². The topological polar surface area (TPSA) is 75.1 Å². The largest absolute Gasteiger partial charge is 0.348 e. The summed E-state index contributed by atoms with van der Waals surface area (Å²) in [4.78, 5) is 15.4. The Morgan fingerprint density at radius 3 is 3.20 bits per heavy atom. The highest BCUT2D eigenvalue weighted by molar-refractivity contribution is 5.36. The fraction of sp³-hybridized carbons (Fsp3) is 0.444. The lowest BCUT2D eigenvalue weighted by Gasteiger charge is -2.08. The molecule has 1 unspecified atom stereocenters. The van der Waals surface area contributed by atoms with E-state index in [1.807, 2.05) is 13.1 Å². The van der Waals surface area contributed by atoms with Crippen molar-refractivity contribution in [3.8, 4) is 0 Å². The van der Waals surface area contributed by atoms with E-state index in [1.165, 1.54) is 10.7 Å². The molecule has 0 aliphatic rings. The number of likely N-dealkylation sites (N-methyl/N-ethyl adjacent to an activating group) is 1. The molecule has 6 heteroatoms. The van der Waals surface area contributed by atoms with Crippen LogP contribution in [0.15, 0.2) is 17.2 Å². The first kappa shape index (κ1) is 9.85. The zero-order chi connectivity index (χ0) is 10.8. The third-order valence-corrected chi connectivity index (χ3v) is 2.37. The Morgan fingerprint density at radius 1 is 1.67 bits per heavy atom. The molecule has 2 N–H and O–H groups in total. The molecule has 2 aromatic rings. The van der Waals surface area contributed by atoms with Crippen LogP contribution in [0.3, 0.4) is 0 Å². The van der Waals surface area contributed by atoms with Crippen molar-refractivity contribution in [3.63, 3.8) is 0 Å². The van der Waals surface area contributed by atoms with Crippen molar-refractivity contribution in [1.29, 1.82) is 0 Å². The van der Waals surface area contributed by atoms with E-state index >= 15 is 0 Å². The molecular weight excluding hydrogens is 194 g/mol. The van der Waals surface area contributed by atoms with Gasteiger partial charge in [-0.25, -0.2) is 19.3 Å². The first-order valence-corrected chi connectivity index (χ1v) is 4.79. The maximum Gasteiger partial charge on any atom is 0.348 e. The number of hydrogen-bond acceptors (Lipinski definition) is 4. The predicted octanol–water partition coefficient (Wildman–Crippen LogP) is -0.432. The van der Waals surface area contributed by atoms with E-state index in [1.54, 1.807) is 0 Å². The van der Waals surface area contributed by atoms with Crippen LogP contribution in [0.5, 0.6) is 0 Å². The lowest BCUT2D eigenvalue weighted by molar-refractivity contribution is 0.600. The Bertz CT molecular complexity index is 514. The lowest BCUT2D eigenvalue weighted by atomic mass is 10.2. The smallest absolute Gasteiger partial charge is 0.317 e. The molecule has 1 atom stereocenters. The van der Waals surface area contributed by atoms with Crippen LogP contribution in [-0.4, -0.2) is 32.7 Å². The Balaban J connectivity index is 2.35. The van der Waals surface area contributed by atoms with E-state index in [0.29, 0.717) is 11.7 Å².